The standard InChI is InChI=1S/C47H57B2N5O9/c1-28-15-37-31(4)53(48(5)57)38-23-43(42(59-7)21-36(38)46(56)51(37)24-28)62-27-34-19-32(11-10-13-50)18-33(20-34)26-61-41-22-39-35(17-30(41)3)45(55)52-25-29(2)16-40(52)47(54(39)49(6)58)63-44-12-8-9-14-60-44/h17-23,31,37,40,44,47,57-58H,1-2,8-9,12-16,24-27,50H2,3-7H3/t31-,37-,40-,44?,47-/m0/s1. The van der Waals surface area contributed by atoms with Crippen LogP contribution >= 0.6 is 0 Å². The van der Waals surface area contributed by atoms with Crippen molar-refractivity contribution in [2.24, 2.45) is 5.73 Å². The summed E-state index contributed by atoms with van der Waals surface area (Å²) in [5.74, 6) is 7.11. The largest absolute Gasteiger partial charge is 0.493 e. The number of rotatable bonds is 11. The summed E-state index contributed by atoms with van der Waals surface area (Å²) in [6.45, 7) is 17.5. The minimum atomic E-state index is -1.01. The fourth-order valence-corrected chi connectivity index (χ4v) is 9.81. The Balaban J connectivity index is 1.08. The van der Waals surface area contributed by atoms with E-state index in [0.29, 0.717) is 77.9 Å². The quantitative estimate of drug-likeness (QED) is 0.133. The lowest BCUT2D eigenvalue weighted by molar-refractivity contribution is -0.194. The number of carbonyl (C=O) groups excluding carboxylic acids is 2. The molecule has 2 amide bonds. The first-order valence-electron chi connectivity index (χ1n) is 21.8. The molecule has 14 nitrogen and oxygen atoms in total. The lowest BCUT2D eigenvalue weighted by Gasteiger charge is -2.40. The summed E-state index contributed by atoms with van der Waals surface area (Å²) in [4.78, 5) is 35.5. The van der Waals surface area contributed by atoms with Gasteiger partial charge < -0.3 is 58.9 Å². The summed E-state index contributed by atoms with van der Waals surface area (Å²) in [5.41, 5.74) is 12.7. The van der Waals surface area contributed by atoms with Crippen LogP contribution in [0, 0.1) is 18.8 Å². The highest BCUT2D eigenvalue weighted by Gasteiger charge is 2.48. The van der Waals surface area contributed by atoms with Crippen molar-refractivity contribution in [1.29, 1.82) is 0 Å². The number of anilines is 2. The summed E-state index contributed by atoms with van der Waals surface area (Å²) >= 11 is 0. The smallest absolute Gasteiger partial charge is 0.411 e. The van der Waals surface area contributed by atoms with Crippen LogP contribution < -0.4 is 29.6 Å². The maximum absolute atomic E-state index is 14.3. The van der Waals surface area contributed by atoms with E-state index in [1.54, 1.807) is 35.5 Å². The monoisotopic (exact) mass is 857 g/mol. The molecule has 4 N–H and O–H groups in total. The predicted octanol–water partition coefficient (Wildman–Crippen LogP) is 5.13. The van der Waals surface area contributed by atoms with Gasteiger partial charge >= 0.3 is 14.1 Å². The van der Waals surface area contributed by atoms with Crippen molar-refractivity contribution in [3.05, 3.63) is 100 Å². The second-order valence-electron chi connectivity index (χ2n) is 17.3. The third-order valence-electron chi connectivity index (χ3n) is 12.7. The van der Waals surface area contributed by atoms with Gasteiger partial charge in [0.15, 0.2) is 17.8 Å². The molecule has 1 unspecified atom stereocenters. The average Bonchev–Trinajstić information content (AvgIpc) is 3.82. The zero-order chi connectivity index (χ0) is 44.7. The average molecular weight is 858 g/mol. The van der Waals surface area contributed by atoms with Crippen LogP contribution in [0.2, 0.25) is 13.6 Å². The molecule has 8 rings (SSSR count). The van der Waals surface area contributed by atoms with E-state index in [4.69, 9.17) is 29.4 Å². The molecular weight excluding hydrogens is 800 g/mol. The van der Waals surface area contributed by atoms with Gasteiger partial charge in [0.1, 0.15) is 25.2 Å². The lowest BCUT2D eigenvalue weighted by atomic mass is 9.80. The van der Waals surface area contributed by atoms with Crippen molar-refractivity contribution >= 4 is 37.3 Å². The van der Waals surface area contributed by atoms with Crippen LogP contribution in [0.5, 0.6) is 17.2 Å². The maximum Gasteiger partial charge on any atom is 0.411 e. The number of benzene rings is 3. The number of fused-ring (bicyclic) bond motifs is 4. The van der Waals surface area contributed by atoms with Gasteiger partial charge in [-0.15, -0.1) is 0 Å². The lowest BCUT2D eigenvalue weighted by Crippen LogP contribution is -2.56. The molecular formula is C47H57B2N5O9. The van der Waals surface area contributed by atoms with E-state index < -0.39 is 26.6 Å². The molecule has 3 fully saturated rings. The number of carbonyl (C=O) groups is 2. The van der Waals surface area contributed by atoms with Crippen LogP contribution in [-0.4, -0.2) is 110 Å². The number of nitrogens with zero attached hydrogens (tertiary/aromatic N) is 4. The first-order chi connectivity index (χ1) is 30.3. The van der Waals surface area contributed by atoms with Crippen molar-refractivity contribution < 1.29 is 43.3 Å². The van der Waals surface area contributed by atoms with Crippen molar-refractivity contribution in [3.8, 4) is 29.1 Å². The van der Waals surface area contributed by atoms with Gasteiger partial charge in [-0.1, -0.05) is 36.1 Å². The molecule has 16 heteroatoms. The SMILES string of the molecule is C=C1C[C@H]2[C@H](C)N(B(C)O)c3cc(OCc4cc(C#CCN)cc(COc5cc6c(cc5C)C(=O)N5CC(=C)C[C@H]5[C@H](OC5CCCCO5)N6B(C)O)c4)c(OC)cc3C(=O)N2C1. The number of hydrogen-bond acceptors (Lipinski definition) is 12. The summed E-state index contributed by atoms with van der Waals surface area (Å²) in [6, 6.07) is 12.2. The Morgan fingerprint density at radius 1 is 0.825 bits per heavy atom. The molecule has 0 aliphatic carbocycles. The fourth-order valence-electron chi connectivity index (χ4n) is 9.81. The van der Waals surface area contributed by atoms with Crippen LogP contribution in [0.4, 0.5) is 11.4 Å². The Kier molecular flexibility index (Phi) is 12.9. The minimum Gasteiger partial charge on any atom is -0.493 e. The van der Waals surface area contributed by atoms with Crippen LogP contribution in [-0.2, 0) is 22.7 Å². The van der Waals surface area contributed by atoms with Crippen LogP contribution in [0.3, 0.4) is 0 Å². The van der Waals surface area contributed by atoms with Crippen molar-refractivity contribution in [2.75, 3.05) is 43.0 Å². The first kappa shape index (κ1) is 44.2. The van der Waals surface area contributed by atoms with Gasteiger partial charge in [0.25, 0.3) is 11.8 Å². The Bertz CT molecular complexity index is 2360. The molecule has 63 heavy (non-hydrogen) atoms. The molecule has 0 spiro atoms. The fraction of sp³-hybridized carbons (Fsp3) is 0.447. The van der Waals surface area contributed by atoms with Gasteiger partial charge in [0.2, 0.25) is 0 Å². The van der Waals surface area contributed by atoms with E-state index in [0.717, 1.165) is 47.1 Å². The number of amides is 2. The summed E-state index contributed by atoms with van der Waals surface area (Å²) < 4.78 is 31.4. The molecule has 5 atom stereocenters. The minimum absolute atomic E-state index is 0.118. The number of methoxy groups -OCH3 is 1. The molecule has 3 saturated heterocycles. The van der Waals surface area contributed by atoms with E-state index in [-0.39, 0.29) is 49.7 Å². The van der Waals surface area contributed by atoms with Crippen LogP contribution in [0.25, 0.3) is 0 Å². The van der Waals surface area contributed by atoms with Crippen molar-refractivity contribution in [3.63, 3.8) is 0 Å². The molecule has 0 bridgehead atoms. The summed E-state index contributed by atoms with van der Waals surface area (Å²) in [5, 5.41) is 22.5. The predicted molar refractivity (Wildman–Crippen MR) is 243 cm³/mol. The molecule has 0 aromatic heterocycles. The molecule has 5 aliphatic heterocycles. The highest BCUT2D eigenvalue weighted by molar-refractivity contribution is 6.54. The van der Waals surface area contributed by atoms with Gasteiger partial charge in [-0.3, -0.25) is 9.59 Å². The number of nitrogens with two attached hydrogens (primary N) is 1. The Labute approximate surface area is 370 Å². The summed E-state index contributed by atoms with van der Waals surface area (Å²) in [6.07, 6.45) is 2.71. The van der Waals surface area contributed by atoms with E-state index in [1.807, 2.05) is 53.9 Å². The summed E-state index contributed by atoms with van der Waals surface area (Å²) in [7, 11) is -0.363. The van der Waals surface area contributed by atoms with Crippen LogP contribution in [0.1, 0.15) is 82.0 Å². The zero-order valence-electron chi connectivity index (χ0n) is 36.9. The zero-order valence-corrected chi connectivity index (χ0v) is 36.9. The highest BCUT2D eigenvalue weighted by Crippen LogP contribution is 2.44. The van der Waals surface area contributed by atoms with Crippen molar-refractivity contribution in [1.82, 2.24) is 9.80 Å². The molecule has 3 aromatic rings. The Morgan fingerprint density at radius 2 is 1.43 bits per heavy atom. The van der Waals surface area contributed by atoms with Gasteiger partial charge in [-0.25, -0.2) is 0 Å². The van der Waals surface area contributed by atoms with Gasteiger partial charge in [0.05, 0.1) is 36.9 Å². The van der Waals surface area contributed by atoms with Gasteiger partial charge in [-0.05, 0) is 107 Å². The molecule has 3 aromatic carbocycles. The molecule has 0 radical (unpaired) electrons. The highest BCUT2D eigenvalue weighted by atomic mass is 16.7. The van der Waals surface area contributed by atoms with Crippen LogP contribution in [0.15, 0.2) is 66.8 Å². The molecule has 5 heterocycles. The number of hydrogen-bond donors (Lipinski definition) is 3. The Morgan fingerprint density at radius 3 is 2.05 bits per heavy atom. The van der Waals surface area contributed by atoms with Gasteiger partial charge in [0, 0.05) is 54.8 Å². The van der Waals surface area contributed by atoms with Crippen molar-refractivity contribution in [2.45, 2.75) is 103 Å². The van der Waals surface area contributed by atoms with E-state index in [2.05, 4.69) is 25.0 Å². The third kappa shape index (κ3) is 8.77. The molecule has 5 aliphatic rings. The van der Waals surface area contributed by atoms with E-state index in [9.17, 15) is 19.6 Å². The van der Waals surface area contributed by atoms with Gasteiger partial charge in [-0.2, -0.15) is 0 Å². The Hall–Kier alpha value is -5.43. The van der Waals surface area contributed by atoms with E-state index >= 15 is 0 Å². The normalized spacial score (nSPS) is 23.0. The molecule has 330 valence electrons. The topological polar surface area (TPSA) is 160 Å². The maximum atomic E-state index is 14.3. The molecule has 0 saturated carbocycles. The first-order valence-corrected chi connectivity index (χ1v) is 21.8. The number of ether oxygens (including phenoxy) is 5. The van der Waals surface area contributed by atoms with E-state index in [1.165, 1.54) is 7.11 Å². The second kappa shape index (κ2) is 18.3. The second-order valence-corrected chi connectivity index (χ2v) is 17.3. The number of aryl methyl sites for hydroxylation is 1. The third-order valence-corrected chi connectivity index (χ3v) is 12.7.